The third-order valence-electron chi connectivity index (χ3n) is 5.42. The number of aryl methyl sites for hydroxylation is 4. The van der Waals surface area contributed by atoms with Crippen LogP contribution < -0.4 is 5.32 Å². The Balaban J connectivity index is 0.00000113. The molecule has 1 heteroatoms. The van der Waals surface area contributed by atoms with Crippen LogP contribution in [0.3, 0.4) is 0 Å². The van der Waals surface area contributed by atoms with E-state index in [2.05, 4.69) is 82.3 Å². The molecular weight excluding hydrogens is 374 g/mol. The van der Waals surface area contributed by atoms with E-state index in [1.165, 1.54) is 39.0 Å². The molecule has 0 radical (unpaired) electrons. The summed E-state index contributed by atoms with van der Waals surface area (Å²) in [6.07, 6.45) is 8.78. The molecule has 0 unspecified atom stereocenters. The van der Waals surface area contributed by atoms with Gasteiger partial charge >= 0.3 is 0 Å². The van der Waals surface area contributed by atoms with Crippen LogP contribution in [-0.2, 0) is 18.3 Å². The number of allylic oxidation sites excluding steroid dienone is 1. The number of hydrogen-bond donors (Lipinski definition) is 1. The minimum absolute atomic E-state index is 0.185. The van der Waals surface area contributed by atoms with E-state index >= 15 is 0 Å². The predicted octanol–water partition coefficient (Wildman–Crippen LogP) is 7.78. The Morgan fingerprint density at radius 2 is 1.55 bits per heavy atom. The third kappa shape index (κ3) is 7.32. The molecule has 0 spiro atoms. The van der Waals surface area contributed by atoms with Gasteiger partial charge in [0.2, 0.25) is 0 Å². The second-order valence-corrected chi connectivity index (χ2v) is 8.78. The van der Waals surface area contributed by atoms with Crippen LogP contribution in [-0.4, -0.2) is 6.54 Å². The Hall–Kier alpha value is -2.46. The Morgan fingerprint density at radius 1 is 0.903 bits per heavy atom. The van der Waals surface area contributed by atoms with Crippen molar-refractivity contribution in [3.8, 4) is 12.3 Å². The van der Waals surface area contributed by atoms with Gasteiger partial charge in [0, 0.05) is 6.54 Å². The summed E-state index contributed by atoms with van der Waals surface area (Å²) >= 11 is 0. The van der Waals surface area contributed by atoms with E-state index in [9.17, 15) is 0 Å². The van der Waals surface area contributed by atoms with Crippen molar-refractivity contribution in [2.24, 2.45) is 0 Å². The molecule has 0 aromatic heterocycles. The van der Waals surface area contributed by atoms with E-state index in [0.29, 0.717) is 0 Å². The van der Waals surface area contributed by atoms with Crippen LogP contribution in [0.4, 0.5) is 0 Å². The number of benzene rings is 2. The van der Waals surface area contributed by atoms with Gasteiger partial charge in [-0.25, -0.2) is 0 Å². The average Bonchev–Trinajstić information content (AvgIpc) is 3.24. The fraction of sp³-hybridized carbons (Fsp3) is 0.467. The maximum Gasteiger partial charge on any atom is 0.0889 e. The average molecular weight is 418 g/mol. The quantitative estimate of drug-likeness (QED) is 0.501. The first kappa shape index (κ1) is 26.6. The summed E-state index contributed by atoms with van der Waals surface area (Å²) < 4.78 is 0. The molecule has 31 heavy (non-hydrogen) atoms. The number of rotatable bonds is 4. The molecule has 0 fully saturated rings. The second kappa shape index (κ2) is 12.4. The highest BCUT2D eigenvalue weighted by Gasteiger charge is 2.17. The van der Waals surface area contributed by atoms with Gasteiger partial charge < -0.3 is 5.32 Å². The van der Waals surface area contributed by atoms with Gasteiger partial charge in [0.25, 0.3) is 0 Å². The largest absolute Gasteiger partial charge is 0.378 e. The van der Waals surface area contributed by atoms with Crippen LogP contribution in [0.2, 0.25) is 0 Å². The van der Waals surface area contributed by atoms with E-state index in [4.69, 9.17) is 6.42 Å². The van der Waals surface area contributed by atoms with Crippen molar-refractivity contribution >= 4 is 5.57 Å². The number of nitrogens with one attached hydrogen (secondary N) is 1. The Kier molecular flexibility index (Phi) is 10.6. The molecule has 1 heterocycles. The minimum atomic E-state index is 0.185. The number of terminal acetylenes is 1. The van der Waals surface area contributed by atoms with Crippen LogP contribution in [0.1, 0.15) is 88.3 Å². The van der Waals surface area contributed by atoms with E-state index in [1.54, 1.807) is 0 Å². The van der Waals surface area contributed by atoms with E-state index in [1.807, 2.05) is 27.7 Å². The molecule has 1 nitrogen and oxygen atoms in total. The first-order valence-corrected chi connectivity index (χ1v) is 11.9. The Bertz CT molecular complexity index is 916. The van der Waals surface area contributed by atoms with E-state index in [-0.39, 0.29) is 5.41 Å². The SMILES string of the molecule is C#CC1=C(c2cc(C)cc(CCc3ccc(C)c(C(C)(C)C)c3)c2)CCN1.CC.CC. The standard InChI is InChI=1S/C26H31N.2C2H6/c1-7-25-23(12-13-27-25)22-15-18(2)14-21(16-22)11-10-20-9-8-19(3)24(17-20)26(4,5)6;2*1-2/h1,8-9,14-17,27H,10-13H2,2-6H3;2*1-2H3. The highest BCUT2D eigenvalue weighted by atomic mass is 14.9. The summed E-state index contributed by atoms with van der Waals surface area (Å²) in [6, 6.07) is 13.8. The lowest BCUT2D eigenvalue weighted by Gasteiger charge is -2.22. The summed E-state index contributed by atoms with van der Waals surface area (Å²) in [5, 5.41) is 3.32. The lowest BCUT2D eigenvalue weighted by molar-refractivity contribution is 0.585. The van der Waals surface area contributed by atoms with Gasteiger partial charge in [-0.15, -0.1) is 6.42 Å². The second-order valence-electron chi connectivity index (χ2n) is 8.78. The predicted molar refractivity (Wildman–Crippen MR) is 140 cm³/mol. The molecule has 0 atom stereocenters. The molecule has 0 amide bonds. The van der Waals surface area contributed by atoms with Crippen molar-refractivity contribution in [3.63, 3.8) is 0 Å². The van der Waals surface area contributed by atoms with Gasteiger partial charge in [-0.05, 0) is 71.9 Å². The van der Waals surface area contributed by atoms with Gasteiger partial charge in [-0.1, -0.05) is 96.3 Å². The molecule has 2 aromatic carbocycles. The third-order valence-corrected chi connectivity index (χ3v) is 5.42. The van der Waals surface area contributed by atoms with Crippen LogP contribution in [0.15, 0.2) is 42.1 Å². The lowest BCUT2D eigenvalue weighted by atomic mass is 9.82. The molecule has 0 aliphatic carbocycles. The molecule has 168 valence electrons. The van der Waals surface area contributed by atoms with Crippen molar-refractivity contribution in [2.45, 2.75) is 87.0 Å². The summed E-state index contributed by atoms with van der Waals surface area (Å²) in [7, 11) is 0. The van der Waals surface area contributed by atoms with Crippen LogP contribution in [0, 0.1) is 26.2 Å². The summed E-state index contributed by atoms with van der Waals surface area (Å²) in [6.45, 7) is 20.2. The van der Waals surface area contributed by atoms with Crippen LogP contribution in [0.5, 0.6) is 0 Å². The van der Waals surface area contributed by atoms with E-state index in [0.717, 1.165) is 31.5 Å². The van der Waals surface area contributed by atoms with Crippen molar-refractivity contribution in [3.05, 3.63) is 75.5 Å². The molecule has 3 rings (SSSR count). The molecule has 0 saturated carbocycles. The highest BCUT2D eigenvalue weighted by molar-refractivity contribution is 5.74. The van der Waals surface area contributed by atoms with Crippen LogP contribution >= 0.6 is 0 Å². The molecule has 1 aliphatic rings. The van der Waals surface area contributed by atoms with Crippen molar-refractivity contribution in [2.75, 3.05) is 6.54 Å². The molecule has 0 bridgehead atoms. The Labute approximate surface area is 192 Å². The maximum absolute atomic E-state index is 5.66. The zero-order chi connectivity index (χ0) is 23.6. The molecular formula is C30H43N. The van der Waals surface area contributed by atoms with Crippen LogP contribution in [0.25, 0.3) is 5.57 Å². The smallest absolute Gasteiger partial charge is 0.0889 e. The van der Waals surface area contributed by atoms with Gasteiger partial charge in [0.1, 0.15) is 0 Å². The van der Waals surface area contributed by atoms with Gasteiger partial charge in [0.05, 0.1) is 5.70 Å². The van der Waals surface area contributed by atoms with Gasteiger partial charge in [0.15, 0.2) is 0 Å². The number of hydrogen-bond acceptors (Lipinski definition) is 1. The summed E-state index contributed by atoms with van der Waals surface area (Å²) in [4.78, 5) is 0. The maximum atomic E-state index is 5.66. The summed E-state index contributed by atoms with van der Waals surface area (Å²) in [5.74, 6) is 2.80. The molecule has 2 aromatic rings. The topological polar surface area (TPSA) is 12.0 Å². The zero-order valence-electron chi connectivity index (χ0n) is 21.4. The summed E-state index contributed by atoms with van der Waals surface area (Å²) in [5.41, 5.74) is 10.6. The Morgan fingerprint density at radius 3 is 2.16 bits per heavy atom. The first-order valence-electron chi connectivity index (χ1n) is 11.9. The van der Waals surface area contributed by atoms with Crippen molar-refractivity contribution < 1.29 is 0 Å². The lowest BCUT2D eigenvalue weighted by Crippen LogP contribution is -2.13. The van der Waals surface area contributed by atoms with Crippen molar-refractivity contribution in [1.29, 1.82) is 0 Å². The first-order chi connectivity index (χ1) is 14.8. The zero-order valence-corrected chi connectivity index (χ0v) is 21.4. The molecule has 1 aliphatic heterocycles. The van der Waals surface area contributed by atoms with E-state index < -0.39 is 0 Å². The van der Waals surface area contributed by atoms with Gasteiger partial charge in [-0.2, -0.15) is 0 Å². The monoisotopic (exact) mass is 417 g/mol. The fourth-order valence-corrected chi connectivity index (χ4v) is 4.07. The molecule has 1 N–H and O–H groups in total. The highest BCUT2D eigenvalue weighted by Crippen LogP contribution is 2.29. The molecule has 0 saturated heterocycles. The van der Waals surface area contributed by atoms with Crippen molar-refractivity contribution in [1.82, 2.24) is 5.32 Å². The fourth-order valence-electron chi connectivity index (χ4n) is 4.07. The normalized spacial score (nSPS) is 12.8. The van der Waals surface area contributed by atoms with Gasteiger partial charge in [-0.3, -0.25) is 0 Å². The minimum Gasteiger partial charge on any atom is -0.378 e.